The summed E-state index contributed by atoms with van der Waals surface area (Å²) in [5.41, 5.74) is -3.85. The van der Waals surface area contributed by atoms with Gasteiger partial charge in [-0.2, -0.15) is 26.3 Å². The van der Waals surface area contributed by atoms with E-state index in [1.54, 1.807) is 41.5 Å². The molecule has 0 N–H and O–H groups in total. The van der Waals surface area contributed by atoms with E-state index < -0.39 is 29.1 Å². The summed E-state index contributed by atoms with van der Waals surface area (Å²) in [5.74, 6) is -1.03. The van der Waals surface area contributed by atoms with Gasteiger partial charge in [-0.1, -0.05) is 67.7 Å². The molecule has 0 rings (SSSR count). The smallest absolute Gasteiger partial charge is 0.171 e. The van der Waals surface area contributed by atoms with Gasteiger partial charge in [0.15, 0.2) is 0 Å². The largest absolute Gasteiger partial charge is 0.394 e. The highest BCUT2D eigenvalue weighted by molar-refractivity contribution is 4.93. The maximum absolute atomic E-state index is 14.0. The third kappa shape index (κ3) is 6.28. The lowest BCUT2D eigenvalue weighted by atomic mass is 9.63. The zero-order valence-corrected chi connectivity index (χ0v) is 17.9. The molecule has 0 aromatic carbocycles. The van der Waals surface area contributed by atoms with Crippen LogP contribution in [0.2, 0.25) is 0 Å². The topological polar surface area (TPSA) is 0 Å². The normalized spacial score (nSPS) is 16.4. The molecule has 0 aromatic heterocycles. The molecule has 0 amide bonds. The lowest BCUT2D eigenvalue weighted by molar-refractivity contribution is -0.254. The van der Waals surface area contributed by atoms with Gasteiger partial charge in [0.1, 0.15) is 0 Å². The van der Waals surface area contributed by atoms with Crippen LogP contribution in [0.5, 0.6) is 0 Å². The van der Waals surface area contributed by atoms with E-state index in [-0.39, 0.29) is 43.9 Å². The lowest BCUT2D eigenvalue weighted by Crippen LogP contribution is -2.46. The van der Waals surface area contributed by atoms with Crippen molar-refractivity contribution in [2.75, 3.05) is 0 Å². The molecule has 6 heteroatoms. The molecule has 0 heterocycles. The van der Waals surface area contributed by atoms with Crippen molar-refractivity contribution in [1.29, 1.82) is 0 Å². The van der Waals surface area contributed by atoms with E-state index in [0.29, 0.717) is 12.8 Å². The highest BCUT2D eigenvalue weighted by Crippen LogP contribution is 2.55. The van der Waals surface area contributed by atoms with Crippen molar-refractivity contribution in [2.45, 2.75) is 106 Å². The van der Waals surface area contributed by atoms with Gasteiger partial charge in [0.25, 0.3) is 0 Å². The molecule has 27 heavy (non-hydrogen) atoms. The first-order valence-electron chi connectivity index (χ1n) is 10.2. The summed E-state index contributed by atoms with van der Waals surface area (Å²) >= 11 is 0. The summed E-state index contributed by atoms with van der Waals surface area (Å²) < 4.78 is 83.4. The molecule has 1 atom stereocenters. The Morgan fingerprint density at radius 1 is 0.630 bits per heavy atom. The van der Waals surface area contributed by atoms with Crippen LogP contribution in [0.1, 0.15) is 93.4 Å². The Morgan fingerprint density at radius 2 is 1.04 bits per heavy atom. The predicted octanol–water partition coefficient (Wildman–Crippen LogP) is 8.80. The summed E-state index contributed by atoms with van der Waals surface area (Å²) in [6.07, 6.45) is -8.68. The zero-order chi connectivity index (χ0) is 21.7. The standard InChI is InChI=1S/C21H38F6/c1-8-11-19(12-9-2,21(25,26)27)14-10-13-18(7,20(22,23)24)17(15(3)4)16(5)6/h15-17H,8-14H2,1-7H3. The van der Waals surface area contributed by atoms with Crippen molar-refractivity contribution in [3.8, 4) is 0 Å². The molecule has 0 fully saturated rings. The molecule has 164 valence electrons. The zero-order valence-electron chi connectivity index (χ0n) is 17.9. The van der Waals surface area contributed by atoms with Gasteiger partial charge in [-0.05, 0) is 43.4 Å². The molecule has 0 spiro atoms. The van der Waals surface area contributed by atoms with Crippen LogP contribution in [-0.2, 0) is 0 Å². The molecule has 0 saturated heterocycles. The summed E-state index contributed by atoms with van der Waals surface area (Å²) in [6.45, 7) is 11.7. The summed E-state index contributed by atoms with van der Waals surface area (Å²) in [5, 5.41) is 0. The van der Waals surface area contributed by atoms with E-state index in [9.17, 15) is 26.3 Å². The van der Waals surface area contributed by atoms with Crippen molar-refractivity contribution in [3.63, 3.8) is 0 Å². The SMILES string of the molecule is CCCC(CCC)(CCCC(C)(C(C(C)C)C(C)C)C(F)(F)F)C(F)(F)F. The monoisotopic (exact) mass is 404 g/mol. The molecule has 0 radical (unpaired) electrons. The molecule has 0 aromatic rings. The molecule has 1 unspecified atom stereocenters. The van der Waals surface area contributed by atoms with Gasteiger partial charge in [-0.25, -0.2) is 0 Å². The number of hydrogen-bond donors (Lipinski definition) is 0. The second kappa shape index (κ2) is 9.87. The number of alkyl halides is 6. The van der Waals surface area contributed by atoms with E-state index in [1.807, 2.05) is 0 Å². The van der Waals surface area contributed by atoms with E-state index in [1.165, 1.54) is 6.92 Å². The first-order valence-corrected chi connectivity index (χ1v) is 10.2. The Labute approximate surface area is 161 Å². The molecule has 0 saturated carbocycles. The van der Waals surface area contributed by atoms with Gasteiger partial charge in [-0.15, -0.1) is 0 Å². The molecular weight excluding hydrogens is 366 g/mol. The molecule has 0 aliphatic rings. The van der Waals surface area contributed by atoms with Gasteiger partial charge in [0, 0.05) is 0 Å². The molecule has 0 aliphatic heterocycles. The first-order chi connectivity index (χ1) is 12.1. The quantitative estimate of drug-likeness (QED) is 0.302. The Morgan fingerprint density at radius 3 is 1.30 bits per heavy atom. The van der Waals surface area contributed by atoms with Crippen molar-refractivity contribution in [3.05, 3.63) is 0 Å². The van der Waals surface area contributed by atoms with Gasteiger partial charge in [0.2, 0.25) is 0 Å². The maximum Gasteiger partial charge on any atom is 0.394 e. The minimum Gasteiger partial charge on any atom is -0.171 e. The fourth-order valence-electron chi connectivity index (χ4n) is 5.29. The Balaban J connectivity index is 5.66. The van der Waals surface area contributed by atoms with Gasteiger partial charge >= 0.3 is 12.4 Å². The van der Waals surface area contributed by atoms with Crippen molar-refractivity contribution >= 4 is 0 Å². The van der Waals surface area contributed by atoms with Crippen molar-refractivity contribution in [1.82, 2.24) is 0 Å². The van der Waals surface area contributed by atoms with Crippen LogP contribution in [0.3, 0.4) is 0 Å². The number of hydrogen-bond acceptors (Lipinski definition) is 0. The van der Waals surface area contributed by atoms with E-state index in [0.717, 1.165) is 0 Å². The molecular formula is C21H38F6. The highest BCUT2D eigenvalue weighted by Gasteiger charge is 2.57. The van der Waals surface area contributed by atoms with E-state index in [4.69, 9.17) is 0 Å². The average molecular weight is 405 g/mol. The summed E-state index contributed by atoms with van der Waals surface area (Å²) in [4.78, 5) is 0. The summed E-state index contributed by atoms with van der Waals surface area (Å²) in [6, 6.07) is 0. The third-order valence-electron chi connectivity index (χ3n) is 6.23. The highest BCUT2D eigenvalue weighted by atomic mass is 19.4. The van der Waals surface area contributed by atoms with Crippen molar-refractivity contribution < 1.29 is 26.3 Å². The van der Waals surface area contributed by atoms with E-state index >= 15 is 0 Å². The molecule has 0 bridgehead atoms. The van der Waals surface area contributed by atoms with Gasteiger partial charge < -0.3 is 0 Å². The van der Waals surface area contributed by atoms with Gasteiger partial charge in [0.05, 0.1) is 10.8 Å². The second-order valence-electron chi connectivity index (χ2n) is 9.06. The van der Waals surface area contributed by atoms with Crippen LogP contribution < -0.4 is 0 Å². The number of halogens is 6. The van der Waals surface area contributed by atoms with Crippen molar-refractivity contribution in [2.24, 2.45) is 28.6 Å². The van der Waals surface area contributed by atoms with E-state index in [2.05, 4.69) is 0 Å². The molecule has 0 nitrogen and oxygen atoms in total. The number of rotatable bonds is 11. The minimum atomic E-state index is -4.44. The van der Waals surface area contributed by atoms with Crippen LogP contribution in [0.25, 0.3) is 0 Å². The molecule has 0 aliphatic carbocycles. The van der Waals surface area contributed by atoms with Crippen LogP contribution in [0.4, 0.5) is 26.3 Å². The second-order valence-corrected chi connectivity index (χ2v) is 9.06. The Kier molecular flexibility index (Phi) is 9.71. The van der Waals surface area contributed by atoms with Crippen LogP contribution in [-0.4, -0.2) is 12.4 Å². The first kappa shape index (κ1) is 26.6. The lowest BCUT2D eigenvalue weighted by Gasteiger charge is -2.45. The average Bonchev–Trinajstić information content (AvgIpc) is 2.44. The fourth-order valence-corrected chi connectivity index (χ4v) is 5.29. The van der Waals surface area contributed by atoms with Gasteiger partial charge in [-0.3, -0.25) is 0 Å². The third-order valence-corrected chi connectivity index (χ3v) is 6.23. The van der Waals surface area contributed by atoms with Crippen LogP contribution in [0.15, 0.2) is 0 Å². The Bertz CT molecular complexity index is 407. The fraction of sp³-hybridized carbons (Fsp3) is 1.00. The van der Waals surface area contributed by atoms with Crippen LogP contribution in [0, 0.1) is 28.6 Å². The maximum atomic E-state index is 14.0. The van der Waals surface area contributed by atoms with Crippen LogP contribution >= 0.6 is 0 Å². The predicted molar refractivity (Wildman–Crippen MR) is 99.5 cm³/mol. The minimum absolute atomic E-state index is 0.0230. The summed E-state index contributed by atoms with van der Waals surface area (Å²) in [7, 11) is 0. The Hall–Kier alpha value is -0.420.